The Kier molecular flexibility index (Phi) is 5.57. The number of pyridine rings is 1. The highest BCUT2D eigenvalue weighted by molar-refractivity contribution is 5.97. The van der Waals surface area contributed by atoms with Crippen LogP contribution >= 0.6 is 0 Å². The number of nitrogens with two attached hydrogens (primary N) is 1. The van der Waals surface area contributed by atoms with E-state index in [1.807, 2.05) is 45.0 Å². The number of nitrogens with zero attached hydrogens (tertiary/aromatic N) is 1. The van der Waals surface area contributed by atoms with E-state index in [0.29, 0.717) is 23.7 Å². The number of carbonyl (C=O) groups excluding carboxylic acids is 1. The van der Waals surface area contributed by atoms with E-state index in [-0.39, 0.29) is 5.91 Å². The summed E-state index contributed by atoms with van der Waals surface area (Å²) in [6.07, 6.45) is 3.18. The van der Waals surface area contributed by atoms with Crippen LogP contribution in [0.25, 0.3) is 0 Å². The number of benzene rings is 1. The fraction of sp³-hybridized carbons (Fsp3) is 0.368. The molecule has 0 saturated carbocycles. The maximum absolute atomic E-state index is 12.3. The van der Waals surface area contributed by atoms with Gasteiger partial charge in [-0.25, -0.2) is 4.98 Å². The quantitative estimate of drug-likeness (QED) is 0.842. The van der Waals surface area contributed by atoms with Crippen LogP contribution in [0, 0.1) is 13.8 Å². The van der Waals surface area contributed by atoms with Gasteiger partial charge in [-0.05, 0) is 50.5 Å². The molecule has 2 aromatic rings. The number of amides is 1. The maximum atomic E-state index is 12.3. The molecule has 0 spiro atoms. The number of carbonyl (C=O) groups is 1. The van der Waals surface area contributed by atoms with Crippen molar-refractivity contribution in [1.82, 2.24) is 4.98 Å². The largest absolute Gasteiger partial charge is 0.439 e. The van der Waals surface area contributed by atoms with Crippen LogP contribution in [0.4, 0.5) is 5.69 Å². The van der Waals surface area contributed by atoms with Crippen molar-refractivity contribution < 1.29 is 9.53 Å². The first-order chi connectivity index (χ1) is 11.3. The molecular formula is C19H25N3O2. The number of aryl methyl sites for hydroxylation is 2. The third kappa shape index (κ3) is 4.55. The molecule has 2 rings (SSSR count). The predicted octanol–water partition coefficient (Wildman–Crippen LogP) is 3.95. The van der Waals surface area contributed by atoms with Crippen molar-refractivity contribution in [2.24, 2.45) is 5.73 Å². The van der Waals surface area contributed by atoms with Gasteiger partial charge in [0.05, 0.1) is 5.54 Å². The van der Waals surface area contributed by atoms with Gasteiger partial charge in [-0.3, -0.25) is 4.79 Å². The number of hydrogen-bond acceptors (Lipinski definition) is 4. The minimum absolute atomic E-state index is 0.201. The van der Waals surface area contributed by atoms with Gasteiger partial charge in [0.15, 0.2) is 0 Å². The second-order valence-corrected chi connectivity index (χ2v) is 6.38. The van der Waals surface area contributed by atoms with Crippen LogP contribution in [-0.4, -0.2) is 16.4 Å². The zero-order chi connectivity index (χ0) is 17.7. The number of hydrogen-bond donors (Lipinski definition) is 2. The molecule has 5 heteroatoms. The highest BCUT2D eigenvalue weighted by Gasteiger charge is 2.27. The third-order valence-electron chi connectivity index (χ3n) is 3.84. The highest BCUT2D eigenvalue weighted by atomic mass is 16.5. The predicted molar refractivity (Wildman–Crippen MR) is 96.4 cm³/mol. The first-order valence-electron chi connectivity index (χ1n) is 8.13. The van der Waals surface area contributed by atoms with Crippen LogP contribution in [0.2, 0.25) is 0 Å². The second kappa shape index (κ2) is 7.45. The van der Waals surface area contributed by atoms with Crippen molar-refractivity contribution in [2.75, 3.05) is 5.32 Å². The van der Waals surface area contributed by atoms with E-state index in [1.165, 1.54) is 0 Å². The van der Waals surface area contributed by atoms with Crippen molar-refractivity contribution in [3.8, 4) is 11.6 Å². The molecule has 0 bridgehead atoms. The summed E-state index contributed by atoms with van der Waals surface area (Å²) in [5, 5.41) is 2.87. The molecule has 1 atom stereocenters. The van der Waals surface area contributed by atoms with Crippen LogP contribution < -0.4 is 15.8 Å². The Bertz CT molecular complexity index is 726. The Labute approximate surface area is 143 Å². The maximum Gasteiger partial charge on any atom is 0.244 e. The van der Waals surface area contributed by atoms with Gasteiger partial charge >= 0.3 is 0 Å². The number of nitrogens with one attached hydrogen (secondary N) is 1. The monoisotopic (exact) mass is 327 g/mol. The summed E-state index contributed by atoms with van der Waals surface area (Å²) in [5.41, 5.74) is 7.87. The lowest BCUT2D eigenvalue weighted by Crippen LogP contribution is -2.48. The van der Waals surface area contributed by atoms with E-state index in [9.17, 15) is 4.79 Å². The smallest absolute Gasteiger partial charge is 0.244 e. The van der Waals surface area contributed by atoms with Crippen molar-refractivity contribution in [2.45, 2.75) is 46.1 Å². The SMILES string of the molecule is CCCC(C)(N)C(=O)Nc1ccc(C)c(Oc2cc(C)ccn2)c1. The average molecular weight is 327 g/mol. The van der Waals surface area contributed by atoms with Gasteiger partial charge in [-0.15, -0.1) is 0 Å². The summed E-state index contributed by atoms with van der Waals surface area (Å²) in [4.78, 5) is 16.5. The molecule has 0 aliphatic carbocycles. The summed E-state index contributed by atoms with van der Waals surface area (Å²) in [6, 6.07) is 9.30. The molecule has 0 saturated heterocycles. The molecule has 1 aromatic heterocycles. The second-order valence-electron chi connectivity index (χ2n) is 6.38. The molecular weight excluding hydrogens is 302 g/mol. The lowest BCUT2D eigenvalue weighted by atomic mass is 9.96. The summed E-state index contributed by atoms with van der Waals surface area (Å²) in [7, 11) is 0. The Morgan fingerprint density at radius 1 is 1.29 bits per heavy atom. The first kappa shape index (κ1) is 17.9. The van der Waals surface area contributed by atoms with Crippen LogP contribution in [0.3, 0.4) is 0 Å². The Morgan fingerprint density at radius 3 is 2.71 bits per heavy atom. The molecule has 5 nitrogen and oxygen atoms in total. The zero-order valence-corrected chi connectivity index (χ0v) is 14.7. The molecule has 1 aromatic carbocycles. The first-order valence-corrected chi connectivity index (χ1v) is 8.13. The fourth-order valence-electron chi connectivity index (χ4n) is 2.37. The van der Waals surface area contributed by atoms with E-state index in [2.05, 4.69) is 10.3 Å². The van der Waals surface area contributed by atoms with Crippen molar-refractivity contribution >= 4 is 11.6 Å². The van der Waals surface area contributed by atoms with Crippen LogP contribution in [0.5, 0.6) is 11.6 Å². The number of anilines is 1. The summed E-state index contributed by atoms with van der Waals surface area (Å²) in [6.45, 7) is 7.67. The van der Waals surface area contributed by atoms with Crippen LogP contribution in [-0.2, 0) is 4.79 Å². The van der Waals surface area contributed by atoms with Gasteiger partial charge in [0.2, 0.25) is 11.8 Å². The Hall–Kier alpha value is -2.40. The van der Waals surface area contributed by atoms with E-state index in [4.69, 9.17) is 10.5 Å². The molecule has 0 aliphatic rings. The minimum atomic E-state index is -0.890. The molecule has 128 valence electrons. The van der Waals surface area contributed by atoms with E-state index in [1.54, 1.807) is 19.2 Å². The number of aromatic nitrogens is 1. The average Bonchev–Trinajstić information content (AvgIpc) is 2.50. The standard InChI is InChI=1S/C19H25N3O2/c1-5-9-19(4,20)18(23)22-15-7-6-14(3)16(12-15)24-17-11-13(2)8-10-21-17/h6-8,10-12H,5,9,20H2,1-4H3,(H,22,23). The Morgan fingerprint density at radius 2 is 2.04 bits per heavy atom. The van der Waals surface area contributed by atoms with Crippen molar-refractivity contribution in [3.63, 3.8) is 0 Å². The van der Waals surface area contributed by atoms with Gasteiger partial charge in [0.25, 0.3) is 0 Å². The summed E-state index contributed by atoms with van der Waals surface area (Å²) >= 11 is 0. The third-order valence-corrected chi connectivity index (χ3v) is 3.84. The van der Waals surface area contributed by atoms with Crippen molar-refractivity contribution in [3.05, 3.63) is 47.7 Å². The van der Waals surface area contributed by atoms with Crippen LogP contribution in [0.15, 0.2) is 36.5 Å². The summed E-state index contributed by atoms with van der Waals surface area (Å²) < 4.78 is 5.85. The molecule has 24 heavy (non-hydrogen) atoms. The minimum Gasteiger partial charge on any atom is -0.439 e. The van der Waals surface area contributed by atoms with Crippen LogP contribution in [0.1, 0.15) is 37.8 Å². The topological polar surface area (TPSA) is 77.2 Å². The summed E-state index contributed by atoms with van der Waals surface area (Å²) in [5.74, 6) is 0.976. The van der Waals surface area contributed by atoms with Crippen molar-refractivity contribution in [1.29, 1.82) is 0 Å². The van der Waals surface area contributed by atoms with Gasteiger partial charge in [0.1, 0.15) is 5.75 Å². The normalized spacial score (nSPS) is 13.2. The zero-order valence-electron chi connectivity index (χ0n) is 14.7. The van der Waals surface area contributed by atoms with Gasteiger partial charge < -0.3 is 15.8 Å². The van der Waals surface area contributed by atoms with Gasteiger partial charge in [-0.2, -0.15) is 0 Å². The molecule has 0 aliphatic heterocycles. The molecule has 0 fully saturated rings. The van der Waals surface area contributed by atoms with E-state index < -0.39 is 5.54 Å². The Balaban J connectivity index is 2.18. The molecule has 1 amide bonds. The molecule has 3 N–H and O–H groups in total. The fourth-order valence-corrected chi connectivity index (χ4v) is 2.37. The molecule has 1 heterocycles. The van der Waals surface area contributed by atoms with E-state index in [0.717, 1.165) is 17.5 Å². The molecule has 0 radical (unpaired) electrons. The lowest BCUT2D eigenvalue weighted by Gasteiger charge is -2.23. The molecule has 1 unspecified atom stereocenters. The number of rotatable bonds is 6. The lowest BCUT2D eigenvalue weighted by molar-refractivity contribution is -0.120. The number of ether oxygens (including phenoxy) is 1. The van der Waals surface area contributed by atoms with Gasteiger partial charge in [0, 0.05) is 24.0 Å². The van der Waals surface area contributed by atoms with Gasteiger partial charge in [-0.1, -0.05) is 19.4 Å². The van der Waals surface area contributed by atoms with E-state index >= 15 is 0 Å². The highest BCUT2D eigenvalue weighted by Crippen LogP contribution is 2.27.